The van der Waals surface area contributed by atoms with E-state index < -0.39 is 12.6 Å². The van der Waals surface area contributed by atoms with Gasteiger partial charge in [-0.25, -0.2) is 0 Å². The smallest absolute Gasteiger partial charge is 0.390 e. The Morgan fingerprint density at radius 2 is 1.94 bits per heavy atom. The van der Waals surface area contributed by atoms with Crippen LogP contribution in [0.2, 0.25) is 0 Å². The molecule has 0 aliphatic rings. The molecule has 0 aliphatic carbocycles. The van der Waals surface area contributed by atoms with Crippen molar-refractivity contribution in [2.45, 2.75) is 32.6 Å². The normalized spacial score (nSPS) is 12.3. The molecule has 1 rings (SSSR count). The van der Waals surface area contributed by atoms with Gasteiger partial charge in [-0.2, -0.15) is 13.2 Å². The van der Waals surface area contributed by atoms with Crippen LogP contribution >= 0.6 is 0 Å². The number of nitrogens with zero attached hydrogens (tertiary/aromatic N) is 1. The molecule has 0 amide bonds. The summed E-state index contributed by atoms with van der Waals surface area (Å²) >= 11 is 0. The lowest BCUT2D eigenvalue weighted by Crippen LogP contribution is -2.23. The SMILES string of the molecule is CCNCc1ccc(CN(C)CCC(F)(F)F)o1. The molecule has 0 saturated carbocycles. The van der Waals surface area contributed by atoms with Crippen LogP contribution in [-0.2, 0) is 13.1 Å². The van der Waals surface area contributed by atoms with E-state index in [9.17, 15) is 13.2 Å². The summed E-state index contributed by atoms with van der Waals surface area (Å²) in [6, 6.07) is 3.65. The van der Waals surface area contributed by atoms with Crippen LogP contribution in [0.15, 0.2) is 16.5 Å². The molecule has 1 heterocycles. The van der Waals surface area contributed by atoms with Crippen LogP contribution in [0.1, 0.15) is 24.9 Å². The minimum atomic E-state index is -4.10. The van der Waals surface area contributed by atoms with E-state index in [1.54, 1.807) is 18.0 Å². The van der Waals surface area contributed by atoms with Crippen molar-refractivity contribution in [1.82, 2.24) is 10.2 Å². The van der Waals surface area contributed by atoms with Gasteiger partial charge in [0.15, 0.2) is 0 Å². The Kier molecular flexibility index (Phi) is 5.68. The molecule has 1 aromatic rings. The van der Waals surface area contributed by atoms with Gasteiger partial charge in [-0.15, -0.1) is 0 Å². The zero-order chi connectivity index (χ0) is 13.6. The predicted octanol–water partition coefficient (Wildman–Crippen LogP) is 2.77. The Balaban J connectivity index is 2.35. The number of nitrogens with one attached hydrogen (secondary N) is 1. The molecule has 0 bridgehead atoms. The third-order valence-corrected chi connectivity index (χ3v) is 2.47. The lowest BCUT2D eigenvalue weighted by atomic mass is 10.3. The van der Waals surface area contributed by atoms with Crippen molar-refractivity contribution in [2.75, 3.05) is 20.1 Å². The standard InChI is InChI=1S/C12H19F3N2O/c1-3-16-8-10-4-5-11(18-10)9-17(2)7-6-12(13,14)15/h4-5,16H,3,6-9H2,1-2H3. The summed E-state index contributed by atoms with van der Waals surface area (Å²) in [6.45, 7) is 3.86. The van der Waals surface area contributed by atoms with E-state index in [-0.39, 0.29) is 6.54 Å². The van der Waals surface area contributed by atoms with E-state index in [1.807, 2.05) is 13.0 Å². The highest BCUT2D eigenvalue weighted by atomic mass is 19.4. The third-order valence-electron chi connectivity index (χ3n) is 2.47. The Morgan fingerprint density at radius 3 is 2.56 bits per heavy atom. The maximum Gasteiger partial charge on any atom is 0.390 e. The summed E-state index contributed by atoms with van der Waals surface area (Å²) in [5.74, 6) is 1.49. The van der Waals surface area contributed by atoms with E-state index in [0.717, 1.165) is 12.3 Å². The van der Waals surface area contributed by atoms with Crippen molar-refractivity contribution < 1.29 is 17.6 Å². The van der Waals surface area contributed by atoms with Crippen LogP contribution < -0.4 is 5.32 Å². The van der Waals surface area contributed by atoms with E-state index >= 15 is 0 Å². The fraction of sp³-hybridized carbons (Fsp3) is 0.667. The van der Waals surface area contributed by atoms with Gasteiger partial charge in [-0.1, -0.05) is 6.92 Å². The molecule has 0 saturated heterocycles. The van der Waals surface area contributed by atoms with Crippen LogP contribution in [0, 0.1) is 0 Å². The maximum atomic E-state index is 12.0. The van der Waals surface area contributed by atoms with Crippen LogP contribution in [0.5, 0.6) is 0 Å². The summed E-state index contributed by atoms with van der Waals surface area (Å²) in [7, 11) is 1.65. The lowest BCUT2D eigenvalue weighted by molar-refractivity contribution is -0.137. The van der Waals surface area contributed by atoms with Crippen LogP contribution in [0.3, 0.4) is 0 Å². The second kappa shape index (κ2) is 6.80. The quantitative estimate of drug-likeness (QED) is 0.821. The van der Waals surface area contributed by atoms with E-state index in [4.69, 9.17) is 4.42 Å². The second-order valence-corrected chi connectivity index (χ2v) is 4.25. The molecule has 1 aromatic heterocycles. The molecule has 18 heavy (non-hydrogen) atoms. The molecule has 6 heteroatoms. The van der Waals surface area contributed by atoms with E-state index in [2.05, 4.69) is 5.32 Å². The van der Waals surface area contributed by atoms with Crippen molar-refractivity contribution in [2.24, 2.45) is 0 Å². The molecule has 1 N–H and O–H groups in total. The lowest BCUT2D eigenvalue weighted by Gasteiger charge is -2.16. The zero-order valence-corrected chi connectivity index (χ0v) is 10.7. The van der Waals surface area contributed by atoms with Gasteiger partial charge in [0.05, 0.1) is 19.5 Å². The summed E-state index contributed by atoms with van der Waals surface area (Å²) in [4.78, 5) is 1.60. The number of rotatable bonds is 7. The van der Waals surface area contributed by atoms with Gasteiger partial charge in [0, 0.05) is 6.54 Å². The number of hydrogen-bond donors (Lipinski definition) is 1. The van der Waals surface area contributed by atoms with Crippen LogP contribution in [0.4, 0.5) is 13.2 Å². The molecular weight excluding hydrogens is 245 g/mol. The third kappa shape index (κ3) is 6.07. The summed E-state index contributed by atoms with van der Waals surface area (Å²) < 4.78 is 41.6. The maximum absolute atomic E-state index is 12.0. The van der Waals surface area contributed by atoms with Crippen LogP contribution in [-0.4, -0.2) is 31.2 Å². The Morgan fingerprint density at radius 1 is 1.28 bits per heavy atom. The number of halogens is 3. The molecule has 0 aliphatic heterocycles. The van der Waals surface area contributed by atoms with Gasteiger partial charge >= 0.3 is 6.18 Å². The highest BCUT2D eigenvalue weighted by molar-refractivity contribution is 5.06. The van der Waals surface area contributed by atoms with Gasteiger partial charge in [-0.3, -0.25) is 4.90 Å². The molecule has 0 fully saturated rings. The minimum absolute atomic E-state index is 0.0211. The van der Waals surface area contributed by atoms with Crippen LogP contribution in [0.25, 0.3) is 0 Å². The molecule has 0 radical (unpaired) electrons. The van der Waals surface area contributed by atoms with Gasteiger partial charge in [0.25, 0.3) is 0 Å². The summed E-state index contributed by atoms with van der Waals surface area (Å²) in [5, 5.41) is 3.12. The van der Waals surface area contributed by atoms with Gasteiger partial charge in [0.2, 0.25) is 0 Å². The largest absolute Gasteiger partial charge is 0.463 e. The summed E-state index contributed by atoms with van der Waals surface area (Å²) in [5.41, 5.74) is 0. The fourth-order valence-electron chi connectivity index (χ4n) is 1.51. The average molecular weight is 264 g/mol. The highest BCUT2D eigenvalue weighted by Crippen LogP contribution is 2.20. The van der Waals surface area contributed by atoms with Crippen molar-refractivity contribution in [3.8, 4) is 0 Å². The van der Waals surface area contributed by atoms with Gasteiger partial charge < -0.3 is 9.73 Å². The van der Waals surface area contributed by atoms with Crippen molar-refractivity contribution in [3.05, 3.63) is 23.7 Å². The Labute approximate surface area is 105 Å². The highest BCUT2D eigenvalue weighted by Gasteiger charge is 2.27. The van der Waals surface area contributed by atoms with Gasteiger partial charge in [0.1, 0.15) is 11.5 Å². The average Bonchev–Trinajstić information content (AvgIpc) is 2.70. The first-order valence-corrected chi connectivity index (χ1v) is 5.94. The number of hydrogen-bond acceptors (Lipinski definition) is 3. The van der Waals surface area contributed by atoms with Gasteiger partial charge in [-0.05, 0) is 25.7 Å². The number of alkyl halides is 3. The topological polar surface area (TPSA) is 28.4 Å². The fourth-order valence-corrected chi connectivity index (χ4v) is 1.51. The molecule has 104 valence electrons. The molecule has 0 aromatic carbocycles. The summed E-state index contributed by atoms with van der Waals surface area (Å²) in [6.07, 6.45) is -4.90. The first-order chi connectivity index (χ1) is 8.40. The Bertz CT molecular complexity index is 349. The van der Waals surface area contributed by atoms with Crippen molar-refractivity contribution in [1.29, 1.82) is 0 Å². The Hall–Kier alpha value is -1.01. The van der Waals surface area contributed by atoms with Crippen molar-refractivity contribution in [3.63, 3.8) is 0 Å². The first kappa shape index (κ1) is 15.0. The second-order valence-electron chi connectivity index (χ2n) is 4.25. The van der Waals surface area contributed by atoms with E-state index in [0.29, 0.717) is 18.8 Å². The minimum Gasteiger partial charge on any atom is -0.463 e. The van der Waals surface area contributed by atoms with Crippen molar-refractivity contribution >= 4 is 0 Å². The first-order valence-electron chi connectivity index (χ1n) is 5.94. The molecule has 0 atom stereocenters. The zero-order valence-electron chi connectivity index (χ0n) is 10.7. The molecule has 0 unspecified atom stereocenters. The van der Waals surface area contributed by atoms with E-state index in [1.165, 1.54) is 0 Å². The predicted molar refractivity (Wildman–Crippen MR) is 63.1 cm³/mol. The number of furan rings is 1. The molecule has 0 spiro atoms. The monoisotopic (exact) mass is 264 g/mol. The molecular formula is C12H19F3N2O. The molecule has 3 nitrogen and oxygen atoms in total.